The maximum Gasteiger partial charge on any atom is 0.319 e. The van der Waals surface area contributed by atoms with Crippen molar-refractivity contribution in [2.75, 3.05) is 28.3 Å². The summed E-state index contributed by atoms with van der Waals surface area (Å²) in [7, 11) is 5.95. The summed E-state index contributed by atoms with van der Waals surface area (Å²) >= 11 is 0. The lowest BCUT2D eigenvalue weighted by Crippen LogP contribution is -2.63. The first-order valence-corrected chi connectivity index (χ1v) is 12.3. The Balaban J connectivity index is 1.72. The van der Waals surface area contributed by atoms with Crippen LogP contribution in [-0.4, -0.2) is 92.7 Å². The van der Waals surface area contributed by atoms with Gasteiger partial charge in [0.05, 0.1) is 31.4 Å². The molecule has 5 rings (SSSR count). The Bertz CT molecular complexity index is 1550. The van der Waals surface area contributed by atoms with Crippen molar-refractivity contribution < 1.29 is 44.3 Å². The fourth-order valence-corrected chi connectivity index (χ4v) is 6.29. The number of carbonyl (C=O) groups is 3. The highest BCUT2D eigenvalue weighted by Crippen LogP contribution is 2.53. The van der Waals surface area contributed by atoms with Crippen LogP contribution in [0.25, 0.3) is 11.1 Å². The maximum absolute atomic E-state index is 13.9. The molecule has 0 saturated heterocycles. The topological polar surface area (TPSA) is 206 Å². The fraction of sp³-hybridized carbons (Fsp3) is 0.370. The normalized spacial score (nSPS) is 25.9. The number of allylic oxidation sites excluding steroid dienone is 1. The van der Waals surface area contributed by atoms with Crippen molar-refractivity contribution in [3.05, 3.63) is 52.1 Å². The first-order valence-electron chi connectivity index (χ1n) is 12.3. The molecule has 1 amide bonds. The van der Waals surface area contributed by atoms with Crippen LogP contribution in [0.4, 0.5) is 0 Å². The molecule has 6 N–H and O–H groups in total. The predicted molar refractivity (Wildman–Crippen MR) is 138 cm³/mol. The number of hydrogen-bond donors (Lipinski definition) is 5. The lowest BCUT2D eigenvalue weighted by Gasteiger charge is -2.50. The van der Waals surface area contributed by atoms with Gasteiger partial charge < -0.3 is 35.6 Å². The quantitative estimate of drug-likeness (QED) is 0.323. The van der Waals surface area contributed by atoms with Gasteiger partial charge in [-0.05, 0) is 50.0 Å². The highest BCUT2D eigenvalue weighted by atomic mass is 16.5. The SMILES string of the molecule is COc1ncc(-c2ccc(O)c3c2CC2CC4C(N(C)C)C(O)=C(C(N)=O)C(=O)C4(O)C(O)=C2C3=O)c(OC)n1. The Kier molecular flexibility index (Phi) is 6.31. The van der Waals surface area contributed by atoms with Crippen LogP contribution in [0, 0.1) is 11.8 Å². The van der Waals surface area contributed by atoms with Gasteiger partial charge in [0.15, 0.2) is 11.4 Å². The number of ketones is 2. The second-order valence-electron chi connectivity index (χ2n) is 10.2. The van der Waals surface area contributed by atoms with E-state index in [1.165, 1.54) is 31.4 Å². The highest BCUT2D eigenvalue weighted by Gasteiger charge is 2.63. The smallest absolute Gasteiger partial charge is 0.319 e. The molecule has 0 saturated carbocycles. The van der Waals surface area contributed by atoms with E-state index >= 15 is 0 Å². The number of amides is 1. The van der Waals surface area contributed by atoms with E-state index in [1.807, 2.05) is 0 Å². The number of hydrogen-bond acceptors (Lipinski definition) is 12. The largest absolute Gasteiger partial charge is 0.510 e. The van der Waals surface area contributed by atoms with Crippen LogP contribution in [0.1, 0.15) is 22.3 Å². The van der Waals surface area contributed by atoms with Crippen molar-refractivity contribution in [2.45, 2.75) is 24.5 Å². The Morgan fingerprint density at radius 3 is 2.42 bits per heavy atom. The third kappa shape index (κ3) is 3.58. The second-order valence-corrected chi connectivity index (χ2v) is 10.2. The monoisotopic (exact) mass is 552 g/mol. The lowest BCUT2D eigenvalue weighted by atomic mass is 9.58. The van der Waals surface area contributed by atoms with E-state index in [0.717, 1.165) is 0 Å². The number of carbonyl (C=O) groups excluding carboxylic acids is 3. The number of nitrogens with two attached hydrogens (primary N) is 1. The van der Waals surface area contributed by atoms with Gasteiger partial charge in [-0.3, -0.25) is 19.3 Å². The van der Waals surface area contributed by atoms with Gasteiger partial charge in [0, 0.05) is 17.7 Å². The zero-order valence-electron chi connectivity index (χ0n) is 22.1. The minimum Gasteiger partial charge on any atom is -0.510 e. The number of fused-ring (bicyclic) bond motifs is 3. The summed E-state index contributed by atoms with van der Waals surface area (Å²) in [5.41, 5.74) is 2.75. The molecular formula is C27H28N4O9. The van der Waals surface area contributed by atoms with Crippen molar-refractivity contribution in [3.8, 4) is 28.8 Å². The Labute approximate surface area is 228 Å². The number of benzene rings is 1. The average Bonchev–Trinajstić information content (AvgIpc) is 2.90. The summed E-state index contributed by atoms with van der Waals surface area (Å²) in [5.74, 6) is -6.99. The molecule has 1 aromatic heterocycles. The first kappa shape index (κ1) is 27.1. The number of aliphatic hydroxyl groups excluding tert-OH is 2. The number of aromatic hydroxyl groups is 1. The fourth-order valence-electron chi connectivity index (χ4n) is 6.29. The third-order valence-corrected chi connectivity index (χ3v) is 8.00. The molecule has 13 heteroatoms. The number of likely N-dealkylation sites (N-methyl/N-ethyl adjacent to an activating group) is 1. The summed E-state index contributed by atoms with van der Waals surface area (Å²) in [4.78, 5) is 49.2. The zero-order valence-corrected chi connectivity index (χ0v) is 22.1. The van der Waals surface area contributed by atoms with Crippen molar-refractivity contribution in [3.63, 3.8) is 0 Å². The summed E-state index contributed by atoms with van der Waals surface area (Å²) < 4.78 is 10.5. The van der Waals surface area contributed by atoms with Gasteiger partial charge in [-0.15, -0.1) is 0 Å². The second kappa shape index (κ2) is 9.31. The van der Waals surface area contributed by atoms with E-state index in [4.69, 9.17) is 15.2 Å². The molecule has 210 valence electrons. The standard InChI is InChI=1S/C27H28N4O9/c1-31(2)19-14-8-10-7-12-11(13-9-29-26(40-4)30-25(13)39-3)5-6-15(32)17(12)20(33)16(10)22(35)27(14,38)23(36)18(21(19)34)24(28)37/h5-6,9-10,14,19,32,34-35,38H,7-8H2,1-4H3,(H2,28,37). The molecule has 1 aromatic carbocycles. The molecule has 4 atom stereocenters. The molecule has 4 unspecified atom stereocenters. The first-order chi connectivity index (χ1) is 18.9. The Morgan fingerprint density at radius 2 is 1.82 bits per heavy atom. The van der Waals surface area contributed by atoms with Gasteiger partial charge in [0.25, 0.3) is 5.91 Å². The summed E-state index contributed by atoms with van der Waals surface area (Å²) in [6, 6.07) is 1.87. The van der Waals surface area contributed by atoms with Crippen molar-refractivity contribution in [2.24, 2.45) is 17.6 Å². The number of nitrogens with zero attached hydrogens (tertiary/aromatic N) is 3. The summed E-state index contributed by atoms with van der Waals surface area (Å²) in [6.45, 7) is 0. The van der Waals surface area contributed by atoms with Crippen LogP contribution < -0.4 is 15.2 Å². The number of methoxy groups -OCH3 is 2. The van der Waals surface area contributed by atoms with E-state index in [9.17, 15) is 34.8 Å². The maximum atomic E-state index is 13.9. The van der Waals surface area contributed by atoms with Crippen LogP contribution in [-0.2, 0) is 16.0 Å². The lowest BCUT2D eigenvalue weighted by molar-refractivity contribution is -0.148. The zero-order chi connectivity index (χ0) is 29.3. The number of Topliss-reactive ketones (excluding diaryl/α,β-unsaturated/α-hetero) is 2. The van der Waals surface area contributed by atoms with Gasteiger partial charge in [-0.2, -0.15) is 4.98 Å². The van der Waals surface area contributed by atoms with E-state index < -0.39 is 58.0 Å². The van der Waals surface area contributed by atoms with Crippen LogP contribution in [0.2, 0.25) is 0 Å². The van der Waals surface area contributed by atoms with Gasteiger partial charge in [-0.25, -0.2) is 4.98 Å². The third-order valence-electron chi connectivity index (χ3n) is 8.00. The van der Waals surface area contributed by atoms with Crippen LogP contribution in [0.5, 0.6) is 17.6 Å². The number of phenols is 1. The number of aromatic nitrogens is 2. The van der Waals surface area contributed by atoms with Gasteiger partial charge >= 0.3 is 6.01 Å². The molecule has 0 bridgehead atoms. The van der Waals surface area contributed by atoms with E-state index in [1.54, 1.807) is 20.2 Å². The van der Waals surface area contributed by atoms with Crippen molar-refractivity contribution in [1.29, 1.82) is 0 Å². The van der Waals surface area contributed by atoms with Crippen LogP contribution in [0.3, 0.4) is 0 Å². The minimum atomic E-state index is -2.70. The summed E-state index contributed by atoms with van der Waals surface area (Å²) in [6.07, 6.45) is 1.53. The molecule has 3 aliphatic carbocycles. The molecule has 40 heavy (non-hydrogen) atoms. The molecule has 13 nitrogen and oxygen atoms in total. The molecular weight excluding hydrogens is 524 g/mol. The summed E-state index contributed by atoms with van der Waals surface area (Å²) in [5, 5.41) is 44.8. The molecule has 0 aliphatic heterocycles. The van der Waals surface area contributed by atoms with Crippen molar-refractivity contribution >= 4 is 17.5 Å². The molecule has 0 spiro atoms. The molecule has 0 fully saturated rings. The van der Waals surface area contributed by atoms with Crippen LogP contribution in [0.15, 0.2) is 41.0 Å². The number of rotatable bonds is 5. The number of primary amides is 1. The number of ether oxygens (including phenoxy) is 2. The van der Waals surface area contributed by atoms with E-state index in [0.29, 0.717) is 16.7 Å². The number of phenolic OH excluding ortho intramolecular Hbond substituents is 1. The molecule has 2 aromatic rings. The molecule has 1 heterocycles. The predicted octanol–water partition coefficient (Wildman–Crippen LogP) is 0.595. The Morgan fingerprint density at radius 1 is 1.12 bits per heavy atom. The molecule has 0 radical (unpaired) electrons. The molecule has 3 aliphatic rings. The minimum absolute atomic E-state index is 0.0306. The van der Waals surface area contributed by atoms with E-state index in [-0.39, 0.29) is 41.6 Å². The van der Waals surface area contributed by atoms with Gasteiger partial charge in [0.1, 0.15) is 22.8 Å². The Hall–Kier alpha value is -4.49. The average molecular weight is 553 g/mol. The van der Waals surface area contributed by atoms with E-state index in [2.05, 4.69) is 9.97 Å². The van der Waals surface area contributed by atoms with Gasteiger partial charge in [-0.1, -0.05) is 6.07 Å². The number of aliphatic hydroxyl groups is 3. The van der Waals surface area contributed by atoms with Crippen molar-refractivity contribution in [1.82, 2.24) is 14.9 Å². The van der Waals surface area contributed by atoms with Crippen LogP contribution >= 0.6 is 0 Å². The van der Waals surface area contributed by atoms with Gasteiger partial charge in [0.2, 0.25) is 11.7 Å². The highest BCUT2D eigenvalue weighted by molar-refractivity contribution is 6.24.